The minimum absolute atomic E-state index is 0.167. The van der Waals surface area contributed by atoms with E-state index in [0.29, 0.717) is 45.3 Å². The van der Waals surface area contributed by atoms with Crippen molar-refractivity contribution in [2.24, 2.45) is 0 Å². The van der Waals surface area contributed by atoms with Crippen LogP contribution in [0.1, 0.15) is 32.0 Å². The number of aryl methyl sites for hydroxylation is 2. The SMILES string of the molecule is Cc1nn(C(C)C)c2cnn(CCC(=O)N3CCOCC3)c12. The zero-order valence-electron chi connectivity index (χ0n) is 13.4. The molecule has 120 valence electrons. The molecule has 0 bridgehead atoms. The summed E-state index contributed by atoms with van der Waals surface area (Å²) in [5.74, 6) is 0.167. The lowest BCUT2D eigenvalue weighted by Gasteiger charge is -2.26. The maximum atomic E-state index is 12.2. The van der Waals surface area contributed by atoms with Crippen molar-refractivity contribution in [3.05, 3.63) is 11.9 Å². The Morgan fingerprint density at radius 1 is 1.36 bits per heavy atom. The van der Waals surface area contributed by atoms with Crippen LogP contribution in [0.15, 0.2) is 6.20 Å². The molecular weight excluding hydrogens is 282 g/mol. The lowest BCUT2D eigenvalue weighted by atomic mass is 10.3. The zero-order chi connectivity index (χ0) is 15.7. The molecule has 7 heteroatoms. The monoisotopic (exact) mass is 305 g/mol. The summed E-state index contributed by atoms with van der Waals surface area (Å²) in [7, 11) is 0. The quantitative estimate of drug-likeness (QED) is 0.856. The van der Waals surface area contributed by atoms with Crippen LogP contribution in [-0.4, -0.2) is 56.7 Å². The largest absolute Gasteiger partial charge is 0.378 e. The highest BCUT2D eigenvalue weighted by Gasteiger charge is 2.19. The van der Waals surface area contributed by atoms with Gasteiger partial charge in [-0.25, -0.2) is 0 Å². The number of carbonyl (C=O) groups is 1. The molecule has 0 unspecified atom stereocenters. The summed E-state index contributed by atoms with van der Waals surface area (Å²) in [4.78, 5) is 14.1. The first-order valence-corrected chi connectivity index (χ1v) is 7.84. The molecule has 0 spiro atoms. The number of ether oxygens (including phenoxy) is 1. The molecule has 1 fully saturated rings. The van der Waals surface area contributed by atoms with Gasteiger partial charge in [0.1, 0.15) is 11.0 Å². The van der Waals surface area contributed by atoms with E-state index < -0.39 is 0 Å². The van der Waals surface area contributed by atoms with Crippen LogP contribution in [0.25, 0.3) is 11.0 Å². The van der Waals surface area contributed by atoms with Gasteiger partial charge in [0, 0.05) is 25.6 Å². The van der Waals surface area contributed by atoms with Crippen LogP contribution in [0, 0.1) is 6.92 Å². The maximum absolute atomic E-state index is 12.2. The van der Waals surface area contributed by atoms with Crippen LogP contribution in [0.2, 0.25) is 0 Å². The molecule has 1 aliphatic rings. The number of hydrogen-bond donors (Lipinski definition) is 0. The second kappa shape index (κ2) is 6.08. The molecule has 0 atom stereocenters. The van der Waals surface area contributed by atoms with E-state index in [9.17, 15) is 4.79 Å². The summed E-state index contributed by atoms with van der Waals surface area (Å²) in [6, 6.07) is 0.295. The Kier molecular flexibility index (Phi) is 4.15. The molecule has 0 radical (unpaired) electrons. The van der Waals surface area contributed by atoms with Crippen molar-refractivity contribution in [3.63, 3.8) is 0 Å². The van der Waals surface area contributed by atoms with Gasteiger partial charge in [-0.2, -0.15) is 10.2 Å². The molecule has 7 nitrogen and oxygen atoms in total. The fraction of sp³-hybridized carbons (Fsp3) is 0.667. The van der Waals surface area contributed by atoms with Crippen LogP contribution in [0.5, 0.6) is 0 Å². The van der Waals surface area contributed by atoms with Crippen LogP contribution in [0.4, 0.5) is 0 Å². The highest BCUT2D eigenvalue weighted by Crippen LogP contribution is 2.21. The Balaban J connectivity index is 1.73. The molecule has 0 aliphatic carbocycles. The normalized spacial score (nSPS) is 15.9. The number of carbonyl (C=O) groups excluding carboxylic acids is 1. The Bertz CT molecular complexity index is 667. The summed E-state index contributed by atoms with van der Waals surface area (Å²) in [6.45, 7) is 9.44. The van der Waals surface area contributed by atoms with Gasteiger partial charge in [0.15, 0.2) is 0 Å². The number of rotatable bonds is 4. The minimum atomic E-state index is 0.167. The predicted octanol–water partition coefficient (Wildman–Crippen LogP) is 1.37. The molecule has 3 heterocycles. The maximum Gasteiger partial charge on any atom is 0.224 e. The van der Waals surface area contributed by atoms with E-state index in [1.165, 1.54) is 0 Å². The first-order valence-electron chi connectivity index (χ1n) is 7.84. The molecular formula is C15H23N5O2. The predicted molar refractivity (Wildman–Crippen MR) is 82.7 cm³/mol. The van der Waals surface area contributed by atoms with E-state index in [0.717, 1.165) is 16.7 Å². The standard InChI is InChI=1S/C15H23N5O2/c1-11(2)20-13-10-16-19(15(13)12(3)17-20)5-4-14(21)18-6-8-22-9-7-18/h10-11H,4-9H2,1-3H3. The van der Waals surface area contributed by atoms with E-state index in [1.807, 2.05) is 27.4 Å². The van der Waals surface area contributed by atoms with E-state index >= 15 is 0 Å². The smallest absolute Gasteiger partial charge is 0.224 e. The second-order valence-corrected chi connectivity index (χ2v) is 5.97. The average molecular weight is 305 g/mol. The van der Waals surface area contributed by atoms with Crippen molar-refractivity contribution in [2.45, 2.75) is 39.8 Å². The number of hydrogen-bond acceptors (Lipinski definition) is 4. The van der Waals surface area contributed by atoms with Gasteiger partial charge in [-0.15, -0.1) is 0 Å². The zero-order valence-corrected chi connectivity index (χ0v) is 13.4. The molecule has 1 amide bonds. The molecule has 1 saturated heterocycles. The van der Waals surface area contributed by atoms with E-state index in [2.05, 4.69) is 24.0 Å². The summed E-state index contributed by atoms with van der Waals surface area (Å²) >= 11 is 0. The number of morpholine rings is 1. The molecule has 0 saturated carbocycles. The third-order valence-corrected chi connectivity index (χ3v) is 4.06. The Morgan fingerprint density at radius 2 is 2.09 bits per heavy atom. The number of nitrogens with zero attached hydrogens (tertiary/aromatic N) is 5. The fourth-order valence-electron chi connectivity index (χ4n) is 2.91. The minimum Gasteiger partial charge on any atom is -0.378 e. The first-order chi connectivity index (χ1) is 10.6. The van der Waals surface area contributed by atoms with E-state index in [1.54, 1.807) is 0 Å². The summed E-state index contributed by atoms with van der Waals surface area (Å²) < 4.78 is 9.16. The lowest BCUT2D eigenvalue weighted by Crippen LogP contribution is -2.41. The van der Waals surface area contributed by atoms with Crippen molar-refractivity contribution in [1.82, 2.24) is 24.5 Å². The van der Waals surface area contributed by atoms with E-state index in [-0.39, 0.29) is 5.91 Å². The Morgan fingerprint density at radius 3 is 2.77 bits per heavy atom. The molecule has 0 aromatic carbocycles. The van der Waals surface area contributed by atoms with Crippen LogP contribution >= 0.6 is 0 Å². The van der Waals surface area contributed by atoms with Gasteiger partial charge in [-0.05, 0) is 20.8 Å². The van der Waals surface area contributed by atoms with E-state index in [4.69, 9.17) is 4.74 Å². The third kappa shape index (κ3) is 2.72. The van der Waals surface area contributed by atoms with Crippen molar-refractivity contribution in [3.8, 4) is 0 Å². The number of aromatic nitrogens is 4. The topological polar surface area (TPSA) is 65.2 Å². The summed E-state index contributed by atoms with van der Waals surface area (Å²) in [6.07, 6.45) is 2.30. The van der Waals surface area contributed by atoms with Gasteiger partial charge >= 0.3 is 0 Å². The van der Waals surface area contributed by atoms with Crippen LogP contribution < -0.4 is 0 Å². The van der Waals surface area contributed by atoms with Gasteiger partial charge in [0.05, 0.1) is 31.6 Å². The summed E-state index contributed by atoms with van der Waals surface area (Å²) in [5.41, 5.74) is 3.02. The molecule has 3 rings (SSSR count). The van der Waals surface area contributed by atoms with Crippen molar-refractivity contribution in [2.75, 3.05) is 26.3 Å². The number of amides is 1. The lowest BCUT2D eigenvalue weighted by molar-refractivity contribution is -0.135. The van der Waals surface area contributed by atoms with Crippen molar-refractivity contribution < 1.29 is 9.53 Å². The van der Waals surface area contributed by atoms with Gasteiger partial charge < -0.3 is 9.64 Å². The van der Waals surface area contributed by atoms with Gasteiger partial charge in [0.25, 0.3) is 0 Å². The Hall–Kier alpha value is -1.89. The van der Waals surface area contributed by atoms with Gasteiger partial charge in [0.2, 0.25) is 5.91 Å². The van der Waals surface area contributed by atoms with Gasteiger partial charge in [-0.1, -0.05) is 0 Å². The third-order valence-electron chi connectivity index (χ3n) is 4.06. The fourth-order valence-corrected chi connectivity index (χ4v) is 2.91. The average Bonchev–Trinajstić information content (AvgIpc) is 3.07. The highest BCUT2D eigenvalue weighted by molar-refractivity contribution is 5.79. The van der Waals surface area contributed by atoms with Crippen LogP contribution in [-0.2, 0) is 16.1 Å². The molecule has 1 aliphatic heterocycles. The van der Waals surface area contributed by atoms with Gasteiger partial charge in [-0.3, -0.25) is 14.2 Å². The summed E-state index contributed by atoms with van der Waals surface area (Å²) in [5, 5.41) is 9.01. The molecule has 2 aromatic rings. The first kappa shape index (κ1) is 15.0. The van der Waals surface area contributed by atoms with Crippen LogP contribution in [0.3, 0.4) is 0 Å². The Labute approximate surface area is 129 Å². The number of fused-ring (bicyclic) bond motifs is 1. The molecule has 22 heavy (non-hydrogen) atoms. The highest BCUT2D eigenvalue weighted by atomic mass is 16.5. The molecule has 0 N–H and O–H groups in total. The van der Waals surface area contributed by atoms with Crippen molar-refractivity contribution >= 4 is 16.9 Å². The second-order valence-electron chi connectivity index (χ2n) is 5.97. The van der Waals surface area contributed by atoms with Crippen molar-refractivity contribution in [1.29, 1.82) is 0 Å². The molecule has 2 aromatic heterocycles.